The molecule has 2 heterocycles. The second-order valence-corrected chi connectivity index (χ2v) is 7.16. The van der Waals surface area contributed by atoms with Crippen LogP contribution in [0.15, 0.2) is 40.7 Å². The summed E-state index contributed by atoms with van der Waals surface area (Å²) in [5, 5.41) is 11.4. The van der Waals surface area contributed by atoms with E-state index in [1.165, 1.54) is 12.1 Å². The largest absolute Gasteiger partial charge is 0.455 e. The van der Waals surface area contributed by atoms with Crippen molar-refractivity contribution in [3.8, 4) is 11.5 Å². The molecule has 0 aliphatic carbocycles. The molecule has 24 heavy (non-hydrogen) atoms. The third kappa shape index (κ3) is 4.04. The van der Waals surface area contributed by atoms with E-state index < -0.39 is 4.92 Å². The minimum atomic E-state index is -0.425. The Morgan fingerprint density at radius 3 is 2.62 bits per heavy atom. The van der Waals surface area contributed by atoms with Gasteiger partial charge in [0.05, 0.1) is 19.3 Å². The molecule has 2 aromatic heterocycles. The van der Waals surface area contributed by atoms with Crippen molar-refractivity contribution in [1.82, 2.24) is 4.98 Å². The van der Waals surface area contributed by atoms with E-state index in [-0.39, 0.29) is 5.69 Å². The van der Waals surface area contributed by atoms with Gasteiger partial charge in [-0.15, -0.1) is 32.3 Å². The van der Waals surface area contributed by atoms with Crippen molar-refractivity contribution in [2.24, 2.45) is 0 Å². The van der Waals surface area contributed by atoms with Crippen molar-refractivity contribution in [2.75, 3.05) is 6.26 Å². The van der Waals surface area contributed by atoms with Crippen LogP contribution in [0.2, 0.25) is 0 Å². The number of ether oxygens (including phenoxy) is 1. The summed E-state index contributed by atoms with van der Waals surface area (Å²) in [6, 6.07) is 8.34. The summed E-state index contributed by atoms with van der Waals surface area (Å²) >= 11 is 3.28. The standard InChI is InChI=1S/C14H11N2O3PS2.C2H6/c1-21-13-7-9-14(22-13)11(4-5-15-9)19-10-3-2-8(16(17)18)6-12(10)20;1-2/h2-7H,20H2,1H3;1-2H3. The molecule has 0 bridgehead atoms. The molecule has 1 aromatic carbocycles. The zero-order valence-corrected chi connectivity index (χ0v) is 16.3. The van der Waals surface area contributed by atoms with E-state index in [9.17, 15) is 10.1 Å². The lowest BCUT2D eigenvalue weighted by Gasteiger charge is -2.08. The van der Waals surface area contributed by atoms with Crippen LogP contribution in [0.5, 0.6) is 11.5 Å². The summed E-state index contributed by atoms with van der Waals surface area (Å²) < 4.78 is 8.06. The van der Waals surface area contributed by atoms with Gasteiger partial charge in [0, 0.05) is 29.7 Å². The minimum Gasteiger partial charge on any atom is -0.455 e. The number of hydrogen-bond donors (Lipinski definition) is 0. The molecule has 1 atom stereocenters. The highest BCUT2D eigenvalue weighted by atomic mass is 32.2. The number of hydrogen-bond acceptors (Lipinski definition) is 6. The Labute approximate surface area is 150 Å². The van der Waals surface area contributed by atoms with Crippen molar-refractivity contribution < 1.29 is 9.66 Å². The molecule has 0 spiro atoms. The molecular weight excluding hydrogens is 363 g/mol. The first-order valence-corrected chi connectivity index (χ1v) is 9.84. The molecule has 0 saturated heterocycles. The number of aromatic nitrogens is 1. The third-order valence-corrected chi connectivity index (χ3v) is 5.63. The second kappa shape index (κ2) is 8.42. The zero-order chi connectivity index (χ0) is 17.7. The quantitative estimate of drug-likeness (QED) is 0.268. The molecule has 0 aliphatic rings. The number of nitro groups is 1. The average Bonchev–Trinajstić information content (AvgIpc) is 3.02. The predicted octanol–water partition coefficient (Wildman–Crippen LogP) is 5.25. The van der Waals surface area contributed by atoms with Gasteiger partial charge in [-0.25, -0.2) is 0 Å². The first kappa shape index (κ1) is 18.6. The lowest BCUT2D eigenvalue weighted by atomic mass is 10.3. The summed E-state index contributed by atoms with van der Waals surface area (Å²) in [6.07, 6.45) is 3.71. The Hall–Kier alpha value is -1.69. The van der Waals surface area contributed by atoms with Crippen molar-refractivity contribution >= 4 is 53.5 Å². The van der Waals surface area contributed by atoms with Crippen molar-refractivity contribution in [3.63, 3.8) is 0 Å². The van der Waals surface area contributed by atoms with Crippen LogP contribution < -0.4 is 10.0 Å². The second-order valence-electron chi connectivity index (χ2n) is 4.37. The van der Waals surface area contributed by atoms with E-state index in [0.29, 0.717) is 16.8 Å². The van der Waals surface area contributed by atoms with E-state index in [2.05, 4.69) is 14.2 Å². The number of fused-ring (bicyclic) bond motifs is 1. The fourth-order valence-corrected chi connectivity index (χ4v) is 3.87. The number of benzene rings is 1. The Morgan fingerprint density at radius 1 is 1.25 bits per heavy atom. The SMILES string of the molecule is CC.CSc1cc2nccc(Oc3ccc([N+](=O)[O-])cc3P)c2s1. The molecule has 5 nitrogen and oxygen atoms in total. The highest BCUT2D eigenvalue weighted by Crippen LogP contribution is 2.38. The maximum Gasteiger partial charge on any atom is 0.270 e. The van der Waals surface area contributed by atoms with Gasteiger partial charge in [0.15, 0.2) is 0 Å². The van der Waals surface area contributed by atoms with E-state index in [1.807, 2.05) is 26.2 Å². The van der Waals surface area contributed by atoms with Gasteiger partial charge in [-0.1, -0.05) is 13.8 Å². The molecular formula is C16H17N2O3PS2. The fourth-order valence-electron chi connectivity index (χ4n) is 1.93. The van der Waals surface area contributed by atoms with E-state index >= 15 is 0 Å². The fraction of sp³-hybridized carbons (Fsp3) is 0.188. The van der Waals surface area contributed by atoms with Gasteiger partial charge in [-0.05, 0) is 18.4 Å². The first-order valence-electron chi connectivity index (χ1n) is 7.23. The number of nitrogens with zero attached hydrogens (tertiary/aromatic N) is 2. The van der Waals surface area contributed by atoms with E-state index in [0.717, 1.165) is 14.4 Å². The van der Waals surface area contributed by atoms with Crippen LogP contribution in [0.3, 0.4) is 0 Å². The molecule has 0 fully saturated rings. The molecule has 0 aliphatic heterocycles. The van der Waals surface area contributed by atoms with Gasteiger partial charge >= 0.3 is 0 Å². The number of nitro benzene ring substituents is 1. The van der Waals surface area contributed by atoms with Crippen LogP contribution in [0.4, 0.5) is 5.69 Å². The highest BCUT2D eigenvalue weighted by Gasteiger charge is 2.13. The summed E-state index contributed by atoms with van der Waals surface area (Å²) in [4.78, 5) is 14.7. The molecule has 3 aromatic rings. The maximum atomic E-state index is 10.8. The molecule has 0 saturated carbocycles. The summed E-state index contributed by atoms with van der Waals surface area (Å²) in [5.41, 5.74) is 0.928. The summed E-state index contributed by atoms with van der Waals surface area (Å²) in [6.45, 7) is 4.00. The van der Waals surface area contributed by atoms with Gasteiger partial charge in [-0.3, -0.25) is 15.1 Å². The number of rotatable bonds is 4. The van der Waals surface area contributed by atoms with Crippen LogP contribution in [0.25, 0.3) is 10.2 Å². The van der Waals surface area contributed by atoms with E-state index in [4.69, 9.17) is 4.74 Å². The smallest absolute Gasteiger partial charge is 0.270 e. The van der Waals surface area contributed by atoms with Crippen molar-refractivity contribution in [2.45, 2.75) is 18.1 Å². The molecule has 1 unspecified atom stereocenters. The lowest BCUT2D eigenvalue weighted by molar-refractivity contribution is -0.384. The Morgan fingerprint density at radius 2 is 2.00 bits per heavy atom. The topological polar surface area (TPSA) is 65.3 Å². The minimum absolute atomic E-state index is 0.0398. The molecule has 0 amide bonds. The van der Waals surface area contributed by atoms with Gasteiger partial charge in [0.25, 0.3) is 5.69 Å². The molecule has 126 valence electrons. The predicted molar refractivity (Wildman–Crippen MR) is 105 cm³/mol. The van der Waals surface area contributed by atoms with Gasteiger partial charge in [0.1, 0.15) is 11.5 Å². The molecule has 0 N–H and O–H groups in total. The van der Waals surface area contributed by atoms with Crippen LogP contribution in [0, 0.1) is 10.1 Å². The molecule has 8 heteroatoms. The first-order chi connectivity index (χ1) is 11.6. The highest BCUT2D eigenvalue weighted by molar-refractivity contribution is 8.00. The lowest BCUT2D eigenvalue weighted by Crippen LogP contribution is -2.00. The maximum absolute atomic E-state index is 10.8. The molecule has 0 radical (unpaired) electrons. The molecule has 3 rings (SSSR count). The monoisotopic (exact) mass is 380 g/mol. The Bertz CT molecular complexity index is 868. The number of non-ortho nitro benzene ring substituents is 1. The number of thioether (sulfide) groups is 1. The van der Waals surface area contributed by atoms with Crippen LogP contribution in [0.1, 0.15) is 13.8 Å². The zero-order valence-electron chi connectivity index (χ0n) is 13.5. The summed E-state index contributed by atoms with van der Waals surface area (Å²) in [5.74, 6) is 1.27. The van der Waals surface area contributed by atoms with Crippen LogP contribution in [-0.2, 0) is 0 Å². The van der Waals surface area contributed by atoms with Crippen molar-refractivity contribution in [1.29, 1.82) is 0 Å². The van der Waals surface area contributed by atoms with E-state index in [1.54, 1.807) is 41.4 Å². The van der Waals surface area contributed by atoms with Crippen LogP contribution in [-0.4, -0.2) is 16.2 Å². The Kier molecular flexibility index (Phi) is 6.54. The number of thiophene rings is 1. The summed E-state index contributed by atoms with van der Waals surface area (Å²) in [7, 11) is 2.47. The number of pyridine rings is 1. The van der Waals surface area contributed by atoms with Gasteiger partial charge in [-0.2, -0.15) is 0 Å². The van der Waals surface area contributed by atoms with Gasteiger partial charge < -0.3 is 4.74 Å². The average molecular weight is 380 g/mol. The van der Waals surface area contributed by atoms with Crippen LogP contribution >= 0.6 is 32.3 Å². The van der Waals surface area contributed by atoms with Gasteiger partial charge in [0.2, 0.25) is 0 Å². The van der Waals surface area contributed by atoms with Crippen molar-refractivity contribution in [3.05, 3.63) is 46.6 Å². The Balaban J connectivity index is 0.00000100. The third-order valence-electron chi connectivity index (χ3n) is 2.98. The normalized spacial score (nSPS) is 10.2.